The van der Waals surface area contributed by atoms with E-state index in [1.807, 2.05) is 0 Å². The van der Waals surface area contributed by atoms with Crippen molar-refractivity contribution in [1.82, 2.24) is 19.2 Å². The van der Waals surface area contributed by atoms with Crippen LogP contribution in [0.15, 0.2) is 47.4 Å². The van der Waals surface area contributed by atoms with E-state index in [-0.39, 0.29) is 23.6 Å². The van der Waals surface area contributed by atoms with Crippen LogP contribution in [-0.4, -0.2) is 42.3 Å². The number of imidazole rings is 1. The third kappa shape index (κ3) is 5.36. The summed E-state index contributed by atoms with van der Waals surface area (Å²) in [6.07, 6.45) is -4.10. The molecule has 1 N–H and O–H groups in total. The molecule has 1 atom stereocenters. The largest absolute Gasteiger partial charge is 0.416 e. The number of hydrogen-bond acceptors (Lipinski definition) is 4. The SMILES string of the molecule is CC(NC(=O)CCc1nc2cc(S(=O)(=O)N(C)C)ccc2n1C)c1cccc(C(F)(F)F)c1. The monoisotopic (exact) mass is 482 g/mol. The van der Waals surface area contributed by atoms with Gasteiger partial charge in [-0.1, -0.05) is 12.1 Å². The Balaban J connectivity index is 1.70. The highest BCUT2D eigenvalue weighted by atomic mass is 32.2. The van der Waals surface area contributed by atoms with Gasteiger partial charge in [0, 0.05) is 34.0 Å². The third-order valence-corrected chi connectivity index (χ3v) is 7.20. The standard InChI is InChI=1S/C22H25F3N4O3S/c1-14(15-6-5-7-16(12-15)22(23,24)25)26-21(30)11-10-20-27-18-13-17(33(31,32)28(2)3)8-9-19(18)29(20)4/h5-9,12-14H,10-11H2,1-4H3,(H,26,30). The average molecular weight is 483 g/mol. The summed E-state index contributed by atoms with van der Waals surface area (Å²) >= 11 is 0. The summed E-state index contributed by atoms with van der Waals surface area (Å²) in [5.74, 6) is 0.258. The zero-order valence-corrected chi connectivity index (χ0v) is 19.5. The third-order valence-electron chi connectivity index (χ3n) is 5.39. The molecule has 0 fully saturated rings. The molecule has 0 aliphatic rings. The smallest absolute Gasteiger partial charge is 0.350 e. The van der Waals surface area contributed by atoms with Crippen molar-refractivity contribution in [3.05, 3.63) is 59.4 Å². The van der Waals surface area contributed by atoms with Gasteiger partial charge < -0.3 is 9.88 Å². The van der Waals surface area contributed by atoms with Gasteiger partial charge in [-0.15, -0.1) is 0 Å². The molecule has 0 spiro atoms. The summed E-state index contributed by atoms with van der Waals surface area (Å²) in [5.41, 5.74) is 0.806. The fourth-order valence-corrected chi connectivity index (χ4v) is 4.35. The van der Waals surface area contributed by atoms with Crippen molar-refractivity contribution in [1.29, 1.82) is 0 Å². The Morgan fingerprint density at radius 2 is 1.88 bits per heavy atom. The molecule has 7 nitrogen and oxygen atoms in total. The Morgan fingerprint density at radius 3 is 2.52 bits per heavy atom. The van der Waals surface area contributed by atoms with Crippen molar-refractivity contribution in [3.63, 3.8) is 0 Å². The van der Waals surface area contributed by atoms with E-state index in [1.54, 1.807) is 24.6 Å². The Morgan fingerprint density at radius 1 is 1.18 bits per heavy atom. The van der Waals surface area contributed by atoms with Gasteiger partial charge >= 0.3 is 6.18 Å². The highest BCUT2D eigenvalue weighted by molar-refractivity contribution is 7.89. The number of carbonyl (C=O) groups is 1. The molecule has 2 aromatic carbocycles. The van der Waals surface area contributed by atoms with Gasteiger partial charge in [0.05, 0.1) is 27.5 Å². The highest BCUT2D eigenvalue weighted by Crippen LogP contribution is 2.30. The summed E-state index contributed by atoms with van der Waals surface area (Å²) in [4.78, 5) is 17.0. The molecular weight excluding hydrogens is 457 g/mol. The molecule has 33 heavy (non-hydrogen) atoms. The Hall–Kier alpha value is -2.92. The number of nitrogens with one attached hydrogen (secondary N) is 1. The summed E-state index contributed by atoms with van der Waals surface area (Å²) in [7, 11) is 1.06. The van der Waals surface area contributed by atoms with Crippen LogP contribution in [0.3, 0.4) is 0 Å². The maximum absolute atomic E-state index is 12.9. The van der Waals surface area contributed by atoms with Gasteiger partial charge in [-0.3, -0.25) is 4.79 Å². The minimum Gasteiger partial charge on any atom is -0.350 e. The molecule has 3 rings (SSSR count). The van der Waals surface area contributed by atoms with Crippen LogP contribution in [0.25, 0.3) is 11.0 Å². The molecule has 11 heteroatoms. The number of amides is 1. The van der Waals surface area contributed by atoms with Crippen molar-refractivity contribution in [3.8, 4) is 0 Å². The first-order valence-electron chi connectivity index (χ1n) is 10.1. The molecule has 0 radical (unpaired) electrons. The van der Waals surface area contributed by atoms with Crippen molar-refractivity contribution in [2.24, 2.45) is 7.05 Å². The number of sulfonamides is 1. The zero-order chi connectivity index (χ0) is 24.6. The zero-order valence-electron chi connectivity index (χ0n) is 18.6. The van der Waals surface area contributed by atoms with E-state index < -0.39 is 27.8 Å². The maximum Gasteiger partial charge on any atom is 0.416 e. The Kier molecular flexibility index (Phi) is 6.85. The van der Waals surface area contributed by atoms with Gasteiger partial charge in [-0.25, -0.2) is 17.7 Å². The van der Waals surface area contributed by atoms with E-state index in [0.717, 1.165) is 22.0 Å². The molecule has 0 aliphatic heterocycles. The number of aromatic nitrogens is 2. The fraction of sp³-hybridized carbons (Fsp3) is 0.364. The van der Waals surface area contributed by atoms with E-state index in [2.05, 4.69) is 10.3 Å². The first-order chi connectivity index (χ1) is 15.3. The molecule has 1 aromatic heterocycles. The topological polar surface area (TPSA) is 84.3 Å². The minimum absolute atomic E-state index is 0.0727. The van der Waals surface area contributed by atoms with Gasteiger partial charge in [0.15, 0.2) is 0 Å². The van der Waals surface area contributed by atoms with Crippen LogP contribution in [0.1, 0.15) is 36.3 Å². The summed E-state index contributed by atoms with van der Waals surface area (Å²) < 4.78 is 66.4. The Labute approximate surface area is 190 Å². The number of benzene rings is 2. The van der Waals surface area contributed by atoms with E-state index in [0.29, 0.717) is 16.9 Å². The highest BCUT2D eigenvalue weighted by Gasteiger charge is 2.30. The second-order valence-electron chi connectivity index (χ2n) is 7.94. The van der Waals surface area contributed by atoms with Gasteiger partial charge in [0.2, 0.25) is 15.9 Å². The van der Waals surface area contributed by atoms with E-state index in [9.17, 15) is 26.4 Å². The van der Waals surface area contributed by atoms with Crippen LogP contribution in [0.4, 0.5) is 13.2 Å². The number of carbonyl (C=O) groups excluding carboxylic acids is 1. The van der Waals surface area contributed by atoms with E-state index in [4.69, 9.17) is 0 Å². The van der Waals surface area contributed by atoms with Crippen LogP contribution in [0, 0.1) is 0 Å². The van der Waals surface area contributed by atoms with Crippen molar-refractivity contribution >= 4 is 27.0 Å². The van der Waals surface area contributed by atoms with Crippen LogP contribution in [-0.2, 0) is 34.5 Å². The van der Waals surface area contributed by atoms with Crippen molar-refractivity contribution in [2.75, 3.05) is 14.1 Å². The van der Waals surface area contributed by atoms with E-state index in [1.165, 1.54) is 38.4 Å². The lowest BCUT2D eigenvalue weighted by molar-refractivity contribution is -0.137. The van der Waals surface area contributed by atoms with Crippen LogP contribution in [0.5, 0.6) is 0 Å². The molecule has 0 aliphatic carbocycles. The van der Waals surface area contributed by atoms with Crippen molar-refractivity contribution in [2.45, 2.75) is 36.9 Å². The predicted molar refractivity (Wildman–Crippen MR) is 118 cm³/mol. The molecule has 0 saturated carbocycles. The van der Waals surface area contributed by atoms with Crippen LogP contribution in [0.2, 0.25) is 0 Å². The first-order valence-corrected chi connectivity index (χ1v) is 11.6. The number of hydrogen-bond donors (Lipinski definition) is 1. The maximum atomic E-state index is 12.9. The molecule has 0 bridgehead atoms. The molecule has 3 aromatic rings. The summed E-state index contributed by atoms with van der Waals surface area (Å²) in [6.45, 7) is 1.62. The van der Waals surface area contributed by atoms with Crippen LogP contribution >= 0.6 is 0 Å². The lowest BCUT2D eigenvalue weighted by Gasteiger charge is -2.16. The molecular formula is C22H25F3N4O3S. The number of nitrogens with zero attached hydrogens (tertiary/aromatic N) is 3. The average Bonchev–Trinajstić information content (AvgIpc) is 3.06. The number of fused-ring (bicyclic) bond motifs is 1. The first kappa shape index (κ1) is 24.7. The van der Waals surface area contributed by atoms with Gasteiger partial charge in [0.25, 0.3) is 0 Å². The fourth-order valence-electron chi connectivity index (χ4n) is 3.43. The lowest BCUT2D eigenvalue weighted by atomic mass is 10.0. The molecule has 0 saturated heterocycles. The second-order valence-corrected chi connectivity index (χ2v) is 10.1. The Bertz CT molecular complexity index is 1280. The summed E-state index contributed by atoms with van der Waals surface area (Å²) in [5, 5.41) is 2.71. The van der Waals surface area contributed by atoms with Crippen LogP contribution < -0.4 is 5.32 Å². The lowest BCUT2D eigenvalue weighted by Crippen LogP contribution is -2.27. The van der Waals surface area contributed by atoms with Gasteiger partial charge in [-0.05, 0) is 42.8 Å². The number of aryl methyl sites for hydroxylation is 2. The number of alkyl halides is 3. The number of rotatable bonds is 7. The van der Waals surface area contributed by atoms with Crippen molar-refractivity contribution < 1.29 is 26.4 Å². The molecule has 1 unspecified atom stereocenters. The minimum atomic E-state index is -4.45. The normalized spacial score (nSPS) is 13.5. The summed E-state index contributed by atoms with van der Waals surface area (Å²) in [6, 6.07) is 8.92. The predicted octanol–water partition coefficient (Wildman–Crippen LogP) is 3.65. The van der Waals surface area contributed by atoms with Gasteiger partial charge in [-0.2, -0.15) is 13.2 Å². The molecule has 1 amide bonds. The molecule has 178 valence electrons. The number of halogens is 3. The second kappa shape index (κ2) is 9.14. The van der Waals surface area contributed by atoms with E-state index >= 15 is 0 Å². The quantitative estimate of drug-likeness (QED) is 0.557. The van der Waals surface area contributed by atoms with Gasteiger partial charge in [0.1, 0.15) is 5.82 Å². The molecule has 1 heterocycles.